The minimum atomic E-state index is 0.487. The van der Waals surface area contributed by atoms with Crippen LogP contribution in [-0.2, 0) is 11.2 Å². The highest BCUT2D eigenvalue weighted by Gasteiger charge is 2.17. The van der Waals surface area contributed by atoms with E-state index in [-0.39, 0.29) is 0 Å². The van der Waals surface area contributed by atoms with Crippen molar-refractivity contribution in [1.82, 2.24) is 5.32 Å². The number of halogens is 1. The Labute approximate surface area is 106 Å². The van der Waals surface area contributed by atoms with Gasteiger partial charge in [-0.3, -0.25) is 0 Å². The van der Waals surface area contributed by atoms with Gasteiger partial charge < -0.3 is 10.1 Å². The molecule has 1 fully saturated rings. The van der Waals surface area contributed by atoms with Gasteiger partial charge in [0.25, 0.3) is 0 Å². The second-order valence-corrected chi connectivity index (χ2v) is 5.39. The van der Waals surface area contributed by atoms with Crippen molar-refractivity contribution in [2.75, 3.05) is 13.2 Å². The Morgan fingerprint density at radius 3 is 3.06 bits per heavy atom. The summed E-state index contributed by atoms with van der Waals surface area (Å²) in [6, 6.07) is 9.51. The number of nitrogens with one attached hydrogen (secondary N) is 1. The Morgan fingerprint density at radius 2 is 2.31 bits per heavy atom. The van der Waals surface area contributed by atoms with Gasteiger partial charge >= 0.3 is 0 Å². The highest BCUT2D eigenvalue weighted by atomic mass is 79.9. The molecule has 2 unspecified atom stereocenters. The first-order valence-electron chi connectivity index (χ1n) is 5.82. The average Bonchev–Trinajstić information content (AvgIpc) is 2.27. The molecule has 0 radical (unpaired) electrons. The summed E-state index contributed by atoms with van der Waals surface area (Å²) < 4.78 is 6.69. The van der Waals surface area contributed by atoms with E-state index in [0.29, 0.717) is 12.1 Å². The van der Waals surface area contributed by atoms with Crippen LogP contribution in [0.2, 0.25) is 0 Å². The summed E-state index contributed by atoms with van der Waals surface area (Å²) in [5.41, 5.74) is 1.38. The SMILES string of the molecule is CC1COCC(CCc2cccc(Br)c2)N1. The maximum absolute atomic E-state index is 5.53. The highest BCUT2D eigenvalue weighted by molar-refractivity contribution is 9.10. The first-order chi connectivity index (χ1) is 7.74. The number of rotatable bonds is 3. The number of aryl methyl sites for hydroxylation is 1. The van der Waals surface area contributed by atoms with Gasteiger partial charge in [0.15, 0.2) is 0 Å². The van der Waals surface area contributed by atoms with Crippen molar-refractivity contribution in [1.29, 1.82) is 0 Å². The summed E-state index contributed by atoms with van der Waals surface area (Å²) in [6.45, 7) is 3.86. The smallest absolute Gasteiger partial charge is 0.0620 e. The maximum Gasteiger partial charge on any atom is 0.0620 e. The van der Waals surface area contributed by atoms with E-state index in [4.69, 9.17) is 4.74 Å². The van der Waals surface area contributed by atoms with Crippen LogP contribution >= 0.6 is 15.9 Å². The minimum absolute atomic E-state index is 0.487. The van der Waals surface area contributed by atoms with Crippen molar-refractivity contribution in [2.24, 2.45) is 0 Å². The Morgan fingerprint density at radius 1 is 1.44 bits per heavy atom. The number of benzene rings is 1. The fourth-order valence-electron chi connectivity index (χ4n) is 2.09. The standard InChI is InChI=1S/C13H18BrNO/c1-10-8-16-9-13(15-10)6-5-11-3-2-4-12(14)7-11/h2-4,7,10,13,15H,5-6,8-9H2,1H3. The summed E-state index contributed by atoms with van der Waals surface area (Å²) in [7, 11) is 0. The number of ether oxygens (including phenoxy) is 1. The summed E-state index contributed by atoms with van der Waals surface area (Å²) >= 11 is 3.50. The van der Waals surface area contributed by atoms with E-state index in [9.17, 15) is 0 Å². The third kappa shape index (κ3) is 3.58. The highest BCUT2D eigenvalue weighted by Crippen LogP contribution is 2.14. The predicted octanol–water partition coefficient (Wildman–Crippen LogP) is 2.76. The van der Waals surface area contributed by atoms with Crippen LogP contribution in [0.4, 0.5) is 0 Å². The third-order valence-corrected chi connectivity index (χ3v) is 3.37. The zero-order valence-corrected chi connectivity index (χ0v) is 11.2. The summed E-state index contributed by atoms with van der Waals surface area (Å²) in [5, 5.41) is 3.56. The van der Waals surface area contributed by atoms with E-state index >= 15 is 0 Å². The molecule has 1 aliphatic rings. The number of hydrogen-bond donors (Lipinski definition) is 1. The lowest BCUT2D eigenvalue weighted by molar-refractivity contribution is 0.0483. The van der Waals surface area contributed by atoms with Gasteiger partial charge in [-0.05, 0) is 37.5 Å². The van der Waals surface area contributed by atoms with E-state index in [0.717, 1.165) is 30.5 Å². The fraction of sp³-hybridized carbons (Fsp3) is 0.538. The van der Waals surface area contributed by atoms with Crippen molar-refractivity contribution in [2.45, 2.75) is 31.8 Å². The van der Waals surface area contributed by atoms with Crippen molar-refractivity contribution < 1.29 is 4.74 Å². The molecular formula is C13H18BrNO. The predicted molar refractivity (Wildman–Crippen MR) is 69.7 cm³/mol. The van der Waals surface area contributed by atoms with Gasteiger partial charge in [-0.15, -0.1) is 0 Å². The van der Waals surface area contributed by atoms with E-state index < -0.39 is 0 Å². The van der Waals surface area contributed by atoms with Crippen LogP contribution in [0.1, 0.15) is 18.9 Å². The molecule has 0 aromatic heterocycles. The molecule has 1 aromatic rings. The van der Waals surface area contributed by atoms with Gasteiger partial charge in [0.1, 0.15) is 0 Å². The van der Waals surface area contributed by atoms with Gasteiger partial charge in [-0.25, -0.2) is 0 Å². The molecule has 0 amide bonds. The molecule has 2 nitrogen and oxygen atoms in total. The largest absolute Gasteiger partial charge is 0.378 e. The van der Waals surface area contributed by atoms with Gasteiger partial charge in [0.2, 0.25) is 0 Å². The topological polar surface area (TPSA) is 21.3 Å². The molecule has 2 atom stereocenters. The van der Waals surface area contributed by atoms with Gasteiger partial charge in [0.05, 0.1) is 13.2 Å². The Kier molecular flexibility index (Phi) is 4.38. The first-order valence-corrected chi connectivity index (χ1v) is 6.61. The van der Waals surface area contributed by atoms with E-state index in [1.165, 1.54) is 5.56 Å². The maximum atomic E-state index is 5.53. The normalized spacial score (nSPS) is 25.6. The third-order valence-electron chi connectivity index (χ3n) is 2.88. The first kappa shape index (κ1) is 12.1. The van der Waals surface area contributed by atoms with Crippen molar-refractivity contribution in [3.63, 3.8) is 0 Å². The molecule has 3 heteroatoms. The summed E-state index contributed by atoms with van der Waals surface area (Å²) in [5.74, 6) is 0. The zero-order chi connectivity index (χ0) is 11.4. The van der Waals surface area contributed by atoms with E-state index in [1.54, 1.807) is 0 Å². The monoisotopic (exact) mass is 283 g/mol. The van der Waals surface area contributed by atoms with Crippen molar-refractivity contribution >= 4 is 15.9 Å². The van der Waals surface area contributed by atoms with Crippen LogP contribution < -0.4 is 5.32 Å². The summed E-state index contributed by atoms with van der Waals surface area (Å²) in [6.07, 6.45) is 2.24. The van der Waals surface area contributed by atoms with Crippen LogP contribution in [0, 0.1) is 0 Å². The van der Waals surface area contributed by atoms with Crippen LogP contribution in [0.3, 0.4) is 0 Å². The molecule has 0 aliphatic carbocycles. The minimum Gasteiger partial charge on any atom is -0.378 e. The molecule has 0 bridgehead atoms. The van der Waals surface area contributed by atoms with Crippen LogP contribution in [0.5, 0.6) is 0 Å². The van der Waals surface area contributed by atoms with E-state index in [2.05, 4.69) is 52.4 Å². The van der Waals surface area contributed by atoms with Crippen molar-refractivity contribution in [3.05, 3.63) is 34.3 Å². The van der Waals surface area contributed by atoms with E-state index in [1.807, 2.05) is 0 Å². The quantitative estimate of drug-likeness (QED) is 0.921. The molecule has 0 saturated carbocycles. The molecule has 16 heavy (non-hydrogen) atoms. The molecule has 2 rings (SSSR count). The second kappa shape index (κ2) is 5.80. The number of hydrogen-bond acceptors (Lipinski definition) is 2. The molecule has 1 saturated heterocycles. The lowest BCUT2D eigenvalue weighted by Crippen LogP contribution is -2.47. The Bertz CT molecular complexity index is 342. The fourth-order valence-corrected chi connectivity index (χ4v) is 2.53. The van der Waals surface area contributed by atoms with Gasteiger partial charge in [-0.2, -0.15) is 0 Å². The number of morpholine rings is 1. The van der Waals surface area contributed by atoms with Crippen LogP contribution in [0.15, 0.2) is 28.7 Å². The Balaban J connectivity index is 1.82. The van der Waals surface area contributed by atoms with Crippen molar-refractivity contribution in [3.8, 4) is 0 Å². The van der Waals surface area contributed by atoms with Gasteiger partial charge in [-0.1, -0.05) is 28.1 Å². The molecule has 1 aliphatic heterocycles. The van der Waals surface area contributed by atoms with Gasteiger partial charge in [0, 0.05) is 16.6 Å². The molecule has 1 aromatic carbocycles. The zero-order valence-electron chi connectivity index (χ0n) is 9.58. The lowest BCUT2D eigenvalue weighted by Gasteiger charge is -2.29. The molecule has 88 valence electrons. The summed E-state index contributed by atoms with van der Waals surface area (Å²) in [4.78, 5) is 0. The molecular weight excluding hydrogens is 266 g/mol. The van der Waals surface area contributed by atoms with Crippen LogP contribution in [0.25, 0.3) is 0 Å². The second-order valence-electron chi connectivity index (χ2n) is 4.47. The molecule has 1 heterocycles. The Hall–Kier alpha value is -0.380. The average molecular weight is 284 g/mol. The lowest BCUT2D eigenvalue weighted by atomic mass is 10.0. The molecule has 0 spiro atoms. The molecule has 1 N–H and O–H groups in total. The van der Waals surface area contributed by atoms with Crippen LogP contribution in [-0.4, -0.2) is 25.3 Å².